The number of hydrogen-bond donors (Lipinski definition) is 0. The summed E-state index contributed by atoms with van der Waals surface area (Å²) in [5.74, 6) is 0. The van der Waals surface area contributed by atoms with E-state index in [4.69, 9.17) is 4.74 Å². The average molecular weight is 340 g/mol. The summed E-state index contributed by atoms with van der Waals surface area (Å²) in [6, 6.07) is 0. The molecule has 0 N–H and O–H groups in total. The van der Waals surface area contributed by atoms with E-state index in [9.17, 15) is 0 Å². The molecular formula is C16H40LiOSi3. The van der Waals surface area contributed by atoms with Crippen molar-refractivity contribution in [1.82, 2.24) is 0 Å². The summed E-state index contributed by atoms with van der Waals surface area (Å²) in [5, 5.41) is 1.21. The Labute approximate surface area is 151 Å². The number of hydrogen-bond acceptors (Lipinski definition) is 1. The van der Waals surface area contributed by atoms with Crippen LogP contribution in [-0.4, -0.2) is 55.8 Å². The second-order valence-electron chi connectivity index (χ2n) is 9.76. The van der Waals surface area contributed by atoms with Crippen LogP contribution in [0.25, 0.3) is 0 Å². The van der Waals surface area contributed by atoms with E-state index in [-0.39, 0.29) is 27.4 Å². The van der Waals surface area contributed by atoms with E-state index in [2.05, 4.69) is 67.7 Å². The molecule has 0 unspecified atom stereocenters. The molecule has 1 saturated heterocycles. The molecule has 1 radical (unpaired) electrons. The van der Waals surface area contributed by atoms with E-state index in [0.717, 1.165) is 13.2 Å². The molecule has 0 saturated carbocycles. The summed E-state index contributed by atoms with van der Waals surface area (Å²) in [6.45, 7) is 27.4. The fraction of sp³-hybridized carbons (Fsp3) is 1.00. The first kappa shape index (κ1) is 24.5. The molecule has 1 fully saturated rings. The maximum Gasteiger partial charge on any atom is 0.0466 e. The van der Waals surface area contributed by atoms with Crippen molar-refractivity contribution in [3.05, 3.63) is 0 Å². The minimum absolute atomic E-state index is 0. The molecule has 0 aliphatic carbocycles. The normalized spacial score (nSPS) is 16.9. The fourth-order valence-electron chi connectivity index (χ4n) is 2.15. The molecule has 0 bridgehead atoms. The van der Waals surface area contributed by atoms with Crippen LogP contribution in [-0.2, 0) is 4.74 Å². The summed E-state index contributed by atoms with van der Waals surface area (Å²) in [7, 11) is -1.76. The zero-order valence-corrected chi connectivity index (χ0v) is 20.4. The minimum atomic E-state index is -0.949. The summed E-state index contributed by atoms with van der Waals surface area (Å²) in [6.07, 6.45) is 2.56. The molecule has 1 nitrogen and oxygen atoms in total. The maximum absolute atomic E-state index is 4.94. The third-order valence-corrected chi connectivity index (χ3v) is 43.2. The number of rotatable bonds is 2. The van der Waals surface area contributed by atoms with Gasteiger partial charge in [-0.15, -0.1) is 0 Å². The summed E-state index contributed by atoms with van der Waals surface area (Å²) in [5.41, 5.74) is 0. The zero-order chi connectivity index (χ0) is 16.2. The Morgan fingerprint density at radius 1 is 0.714 bits per heavy atom. The van der Waals surface area contributed by atoms with Gasteiger partial charge in [0.05, 0.1) is 0 Å². The Hall–Kier alpha value is 1.21. The van der Waals surface area contributed by atoms with Crippen molar-refractivity contribution in [2.24, 2.45) is 0 Å². The SMILES string of the molecule is C1CCOC1.CC(C)(C)[Si](C)(C)[SiH2][Si](C)(C)C(C)(C)C.[Li]. The predicted octanol–water partition coefficient (Wildman–Crippen LogP) is 4.58. The Kier molecular flexibility index (Phi) is 10.4. The van der Waals surface area contributed by atoms with Crippen molar-refractivity contribution < 1.29 is 4.74 Å². The van der Waals surface area contributed by atoms with E-state index in [1.54, 1.807) is 0 Å². The first-order valence-corrected chi connectivity index (χ1v) is 18.9. The molecule has 1 rings (SSSR count). The predicted molar refractivity (Wildman–Crippen MR) is 109 cm³/mol. The molecule has 1 heterocycles. The maximum atomic E-state index is 4.94. The molecule has 1 aliphatic rings. The van der Waals surface area contributed by atoms with Crippen LogP contribution < -0.4 is 0 Å². The van der Waals surface area contributed by atoms with Crippen molar-refractivity contribution in [1.29, 1.82) is 0 Å². The van der Waals surface area contributed by atoms with E-state index >= 15 is 0 Å². The van der Waals surface area contributed by atoms with Crippen molar-refractivity contribution in [3.63, 3.8) is 0 Å². The van der Waals surface area contributed by atoms with Crippen LogP contribution in [0.4, 0.5) is 0 Å². The Bertz CT molecular complexity index is 255. The molecule has 1 aliphatic heterocycles. The van der Waals surface area contributed by atoms with Gasteiger partial charge in [-0.2, -0.15) is 0 Å². The Morgan fingerprint density at radius 2 is 1.00 bits per heavy atom. The van der Waals surface area contributed by atoms with Crippen LogP contribution in [0.3, 0.4) is 0 Å². The Morgan fingerprint density at radius 3 is 1.14 bits per heavy atom. The first-order valence-electron chi connectivity index (χ1n) is 8.28. The second-order valence-corrected chi connectivity index (χ2v) is 35.5. The van der Waals surface area contributed by atoms with Gasteiger partial charge < -0.3 is 4.74 Å². The molecule has 123 valence electrons. The standard InChI is InChI=1S/C12H32Si3.C4H8O.Li/c1-11(2,3)14(7,8)13-15(9,10)12(4,5)6;1-2-4-5-3-1;/h13H2,1-10H3;1-4H2;. The van der Waals surface area contributed by atoms with Gasteiger partial charge in [-0.1, -0.05) is 67.7 Å². The quantitative estimate of drug-likeness (QED) is 0.669. The molecule has 0 amide bonds. The van der Waals surface area contributed by atoms with Crippen LogP contribution in [0, 0.1) is 0 Å². The van der Waals surface area contributed by atoms with E-state index in [0.29, 0.717) is 10.1 Å². The van der Waals surface area contributed by atoms with Gasteiger partial charge in [0.1, 0.15) is 0 Å². The van der Waals surface area contributed by atoms with Gasteiger partial charge in [-0.05, 0) is 22.9 Å². The summed E-state index contributed by atoms with van der Waals surface area (Å²) in [4.78, 5) is 0. The van der Waals surface area contributed by atoms with Gasteiger partial charge in [0.25, 0.3) is 0 Å². The van der Waals surface area contributed by atoms with Crippen LogP contribution in [0.5, 0.6) is 0 Å². The molecule has 0 atom stereocenters. The third-order valence-electron chi connectivity index (χ3n) is 5.77. The number of ether oxygens (including phenoxy) is 1. The average Bonchev–Trinajstić information content (AvgIpc) is 2.68. The molecule has 0 spiro atoms. The van der Waals surface area contributed by atoms with Crippen LogP contribution >= 0.6 is 0 Å². The van der Waals surface area contributed by atoms with Gasteiger partial charge in [0, 0.05) is 55.8 Å². The van der Waals surface area contributed by atoms with Gasteiger partial charge >= 0.3 is 0 Å². The smallest absolute Gasteiger partial charge is 0.0466 e. The van der Waals surface area contributed by atoms with Crippen molar-refractivity contribution >= 4 is 42.6 Å². The van der Waals surface area contributed by atoms with Crippen LogP contribution in [0.2, 0.25) is 36.3 Å². The van der Waals surface area contributed by atoms with Gasteiger partial charge in [-0.3, -0.25) is 0 Å². The van der Waals surface area contributed by atoms with Crippen molar-refractivity contribution in [2.75, 3.05) is 13.2 Å². The third kappa shape index (κ3) is 8.57. The molecule has 0 aromatic rings. The molecule has 21 heavy (non-hydrogen) atoms. The monoisotopic (exact) mass is 339 g/mol. The van der Waals surface area contributed by atoms with Gasteiger partial charge in [-0.25, -0.2) is 0 Å². The van der Waals surface area contributed by atoms with Crippen LogP contribution in [0.1, 0.15) is 54.4 Å². The van der Waals surface area contributed by atoms with Gasteiger partial charge in [0.15, 0.2) is 0 Å². The minimum Gasteiger partial charge on any atom is -0.381 e. The largest absolute Gasteiger partial charge is 0.381 e. The molecular weight excluding hydrogens is 299 g/mol. The van der Waals surface area contributed by atoms with Crippen LogP contribution in [0.15, 0.2) is 0 Å². The topological polar surface area (TPSA) is 9.23 Å². The molecule has 5 heteroatoms. The van der Waals surface area contributed by atoms with Crippen molar-refractivity contribution in [3.8, 4) is 0 Å². The van der Waals surface area contributed by atoms with E-state index < -0.39 is 15.2 Å². The summed E-state index contributed by atoms with van der Waals surface area (Å²) >= 11 is 0. The zero-order valence-electron chi connectivity index (χ0n) is 16.9. The molecule has 0 aromatic carbocycles. The van der Waals surface area contributed by atoms with E-state index in [1.807, 2.05) is 0 Å². The Balaban J connectivity index is 0. The first-order chi connectivity index (χ1) is 8.71. The second kappa shape index (κ2) is 8.89. The fourth-order valence-corrected chi connectivity index (χ4v) is 44.7. The van der Waals surface area contributed by atoms with E-state index in [1.165, 1.54) is 12.8 Å². The molecule has 0 aromatic heterocycles. The van der Waals surface area contributed by atoms with Gasteiger partial charge in [0.2, 0.25) is 0 Å². The van der Waals surface area contributed by atoms with Crippen molar-refractivity contribution in [2.45, 2.75) is 90.6 Å². The summed E-state index contributed by atoms with van der Waals surface area (Å²) < 4.78 is 4.94.